The second kappa shape index (κ2) is 6.04. The maximum atomic E-state index is 12.0. The van der Waals surface area contributed by atoms with E-state index in [1.807, 2.05) is 24.4 Å². The zero-order valence-corrected chi connectivity index (χ0v) is 12.8. The molecule has 1 heterocycles. The van der Waals surface area contributed by atoms with E-state index in [1.165, 1.54) is 0 Å². The van der Waals surface area contributed by atoms with Gasteiger partial charge in [0.15, 0.2) is 0 Å². The second-order valence-corrected chi connectivity index (χ2v) is 6.19. The summed E-state index contributed by atoms with van der Waals surface area (Å²) in [5.41, 5.74) is 1.69. The quantitative estimate of drug-likeness (QED) is 0.898. The fraction of sp³-hybridized carbons (Fsp3) is 0.353. The molecule has 0 spiro atoms. The van der Waals surface area contributed by atoms with Gasteiger partial charge in [-0.15, -0.1) is 0 Å². The van der Waals surface area contributed by atoms with Crippen molar-refractivity contribution in [1.82, 2.24) is 10.2 Å². The number of amides is 1. The van der Waals surface area contributed by atoms with Crippen LogP contribution in [0, 0.1) is 0 Å². The summed E-state index contributed by atoms with van der Waals surface area (Å²) in [5.74, 6) is 0.0959. The second-order valence-electron chi connectivity index (χ2n) is 6.19. The van der Waals surface area contributed by atoms with E-state index in [1.54, 1.807) is 18.2 Å². The molecule has 0 radical (unpaired) electrons. The summed E-state index contributed by atoms with van der Waals surface area (Å²) in [6.45, 7) is 7.23. The fourth-order valence-corrected chi connectivity index (χ4v) is 2.14. The molecule has 0 fully saturated rings. The third kappa shape index (κ3) is 4.38. The van der Waals surface area contributed by atoms with Crippen LogP contribution in [-0.4, -0.2) is 28.0 Å². The highest BCUT2D eigenvalue weighted by Gasteiger charge is 2.19. The Balaban J connectivity index is 1.90. The fourth-order valence-electron chi connectivity index (χ4n) is 2.14. The first-order chi connectivity index (χ1) is 9.84. The van der Waals surface area contributed by atoms with Crippen LogP contribution in [0.1, 0.15) is 26.3 Å². The Hall–Kier alpha value is -2.23. The van der Waals surface area contributed by atoms with Gasteiger partial charge in [0.25, 0.3) is 0 Å². The number of benzene rings is 1. The van der Waals surface area contributed by atoms with Crippen molar-refractivity contribution in [2.24, 2.45) is 0 Å². The lowest BCUT2D eigenvalue weighted by atomic mass is 10.1. The van der Waals surface area contributed by atoms with Crippen LogP contribution in [0.15, 0.2) is 48.3 Å². The molecule has 0 saturated heterocycles. The number of hydrogen-bond acceptors (Lipinski definition) is 3. The van der Waals surface area contributed by atoms with Gasteiger partial charge in [0.1, 0.15) is 5.75 Å². The summed E-state index contributed by atoms with van der Waals surface area (Å²) in [6, 6.07) is 6.76. The normalized spacial score (nSPS) is 14.8. The molecule has 1 aliphatic heterocycles. The monoisotopic (exact) mass is 286 g/mol. The highest BCUT2D eigenvalue weighted by atomic mass is 16.3. The SMILES string of the molecule is CC(C)(C)N1C=CC(NC(=O)Cc2cccc(O)c2)=CC1. The standard InChI is InChI=1S/C17H22N2O2/c1-17(2,3)19-9-7-14(8-10-19)18-16(21)12-13-5-4-6-15(20)11-13/h4-9,11,20H,10,12H2,1-3H3,(H,18,21). The molecule has 0 atom stereocenters. The summed E-state index contributed by atoms with van der Waals surface area (Å²) < 4.78 is 0. The summed E-state index contributed by atoms with van der Waals surface area (Å²) >= 11 is 0. The Bertz CT molecular complexity index is 583. The lowest BCUT2D eigenvalue weighted by Crippen LogP contribution is -2.39. The maximum absolute atomic E-state index is 12.0. The molecule has 0 bridgehead atoms. The summed E-state index contributed by atoms with van der Waals surface area (Å²) in [4.78, 5) is 14.2. The van der Waals surface area contributed by atoms with Crippen LogP contribution in [-0.2, 0) is 11.2 Å². The van der Waals surface area contributed by atoms with E-state index >= 15 is 0 Å². The molecule has 21 heavy (non-hydrogen) atoms. The summed E-state index contributed by atoms with van der Waals surface area (Å²) in [5, 5.41) is 12.3. The number of phenols is 1. The molecular weight excluding hydrogens is 264 g/mol. The van der Waals surface area contributed by atoms with E-state index in [-0.39, 0.29) is 23.6 Å². The largest absolute Gasteiger partial charge is 0.508 e. The number of nitrogens with one attached hydrogen (secondary N) is 1. The lowest BCUT2D eigenvalue weighted by Gasteiger charge is -2.35. The lowest BCUT2D eigenvalue weighted by molar-refractivity contribution is -0.119. The molecule has 2 N–H and O–H groups in total. The Morgan fingerprint density at radius 2 is 2.14 bits per heavy atom. The van der Waals surface area contributed by atoms with Crippen LogP contribution in [0.3, 0.4) is 0 Å². The van der Waals surface area contributed by atoms with Crippen LogP contribution >= 0.6 is 0 Å². The summed E-state index contributed by atoms with van der Waals surface area (Å²) in [7, 11) is 0. The molecule has 1 amide bonds. The maximum Gasteiger partial charge on any atom is 0.228 e. The molecular formula is C17H22N2O2. The Morgan fingerprint density at radius 3 is 2.71 bits per heavy atom. The topological polar surface area (TPSA) is 52.6 Å². The number of carbonyl (C=O) groups is 1. The van der Waals surface area contributed by atoms with Crippen LogP contribution in [0.2, 0.25) is 0 Å². The number of allylic oxidation sites excluding steroid dienone is 1. The molecule has 1 aromatic carbocycles. The molecule has 0 unspecified atom stereocenters. The van der Waals surface area contributed by atoms with Crippen molar-refractivity contribution >= 4 is 5.91 Å². The van der Waals surface area contributed by atoms with E-state index in [2.05, 4.69) is 31.0 Å². The molecule has 4 heteroatoms. The Labute approximate surface area is 125 Å². The van der Waals surface area contributed by atoms with E-state index in [0.717, 1.165) is 17.8 Å². The van der Waals surface area contributed by atoms with Gasteiger partial charge in [-0.05, 0) is 50.6 Å². The summed E-state index contributed by atoms with van der Waals surface area (Å²) in [6.07, 6.45) is 6.17. The minimum absolute atomic E-state index is 0.0735. The minimum Gasteiger partial charge on any atom is -0.508 e. The number of phenolic OH excluding ortho intramolecular Hbond substituents is 1. The van der Waals surface area contributed by atoms with Gasteiger partial charge in [0.2, 0.25) is 5.91 Å². The van der Waals surface area contributed by atoms with E-state index in [9.17, 15) is 9.90 Å². The molecule has 112 valence electrons. The number of aromatic hydroxyl groups is 1. The van der Waals surface area contributed by atoms with Gasteiger partial charge in [0.05, 0.1) is 6.42 Å². The molecule has 0 aromatic heterocycles. The van der Waals surface area contributed by atoms with E-state index < -0.39 is 0 Å². The molecule has 1 aromatic rings. The van der Waals surface area contributed by atoms with Crippen molar-refractivity contribution in [3.8, 4) is 5.75 Å². The highest BCUT2D eigenvalue weighted by Crippen LogP contribution is 2.17. The van der Waals surface area contributed by atoms with Gasteiger partial charge < -0.3 is 15.3 Å². The Morgan fingerprint density at radius 1 is 1.38 bits per heavy atom. The van der Waals surface area contributed by atoms with Gasteiger partial charge in [-0.3, -0.25) is 4.79 Å². The highest BCUT2D eigenvalue weighted by molar-refractivity contribution is 5.80. The van der Waals surface area contributed by atoms with Gasteiger partial charge >= 0.3 is 0 Å². The van der Waals surface area contributed by atoms with Crippen molar-refractivity contribution < 1.29 is 9.90 Å². The average Bonchev–Trinajstić information content (AvgIpc) is 2.38. The smallest absolute Gasteiger partial charge is 0.228 e. The molecule has 0 saturated carbocycles. The van der Waals surface area contributed by atoms with Gasteiger partial charge in [0, 0.05) is 24.0 Å². The third-order valence-electron chi connectivity index (χ3n) is 3.36. The number of nitrogens with zero attached hydrogens (tertiary/aromatic N) is 1. The van der Waals surface area contributed by atoms with Crippen molar-refractivity contribution in [3.05, 3.63) is 53.9 Å². The number of hydrogen-bond donors (Lipinski definition) is 2. The van der Waals surface area contributed by atoms with Crippen molar-refractivity contribution in [1.29, 1.82) is 0 Å². The van der Waals surface area contributed by atoms with Crippen LogP contribution in [0.5, 0.6) is 5.75 Å². The Kier molecular flexibility index (Phi) is 4.36. The third-order valence-corrected chi connectivity index (χ3v) is 3.36. The molecule has 4 nitrogen and oxygen atoms in total. The molecule has 2 rings (SSSR count). The molecule has 0 aliphatic carbocycles. The van der Waals surface area contributed by atoms with Crippen molar-refractivity contribution in [2.75, 3.05) is 6.54 Å². The van der Waals surface area contributed by atoms with E-state index in [4.69, 9.17) is 0 Å². The number of rotatable bonds is 3. The van der Waals surface area contributed by atoms with Gasteiger partial charge in [-0.25, -0.2) is 0 Å². The van der Waals surface area contributed by atoms with Crippen molar-refractivity contribution in [2.45, 2.75) is 32.7 Å². The average molecular weight is 286 g/mol. The van der Waals surface area contributed by atoms with E-state index in [0.29, 0.717) is 0 Å². The van der Waals surface area contributed by atoms with Crippen LogP contribution in [0.25, 0.3) is 0 Å². The van der Waals surface area contributed by atoms with Crippen molar-refractivity contribution in [3.63, 3.8) is 0 Å². The zero-order chi connectivity index (χ0) is 15.5. The first-order valence-corrected chi connectivity index (χ1v) is 7.07. The minimum atomic E-state index is -0.0827. The number of carbonyl (C=O) groups excluding carboxylic acids is 1. The predicted molar refractivity (Wildman–Crippen MR) is 83.6 cm³/mol. The first kappa shape index (κ1) is 15.2. The van der Waals surface area contributed by atoms with Crippen LogP contribution in [0.4, 0.5) is 0 Å². The first-order valence-electron chi connectivity index (χ1n) is 7.07. The van der Waals surface area contributed by atoms with Gasteiger partial charge in [-0.2, -0.15) is 0 Å². The predicted octanol–water partition coefficient (Wildman–Crippen LogP) is 2.56. The van der Waals surface area contributed by atoms with Gasteiger partial charge in [-0.1, -0.05) is 12.1 Å². The van der Waals surface area contributed by atoms with Crippen LogP contribution < -0.4 is 5.32 Å². The molecule has 1 aliphatic rings. The zero-order valence-electron chi connectivity index (χ0n) is 12.8.